The van der Waals surface area contributed by atoms with E-state index in [9.17, 15) is 14.0 Å². The van der Waals surface area contributed by atoms with Crippen LogP contribution < -0.4 is 4.74 Å². The minimum atomic E-state index is -0.541. The third kappa shape index (κ3) is 4.13. The van der Waals surface area contributed by atoms with E-state index in [4.69, 9.17) is 4.74 Å². The third-order valence-electron chi connectivity index (χ3n) is 4.74. The second kappa shape index (κ2) is 8.18. The molecule has 3 aromatic rings. The number of hydrogen-bond donors (Lipinski definition) is 0. The molecule has 2 heterocycles. The van der Waals surface area contributed by atoms with E-state index < -0.39 is 5.82 Å². The van der Waals surface area contributed by atoms with Crippen LogP contribution in [0.1, 0.15) is 32.7 Å². The molecule has 0 spiro atoms. The Morgan fingerprint density at radius 1 is 0.966 bits per heavy atom. The molecular formula is C22H18FN3O3. The quantitative estimate of drug-likeness (QED) is 0.625. The molecule has 1 amide bonds. The first-order chi connectivity index (χ1) is 14.1. The molecule has 7 heteroatoms. The molecule has 1 saturated heterocycles. The van der Waals surface area contributed by atoms with Crippen LogP contribution in [0.2, 0.25) is 0 Å². The molecule has 2 aromatic carbocycles. The van der Waals surface area contributed by atoms with Crippen molar-refractivity contribution in [2.45, 2.75) is 12.5 Å². The zero-order valence-corrected chi connectivity index (χ0v) is 15.5. The fourth-order valence-electron chi connectivity index (χ4n) is 3.30. The molecule has 6 nitrogen and oxygen atoms in total. The Kier molecular flexibility index (Phi) is 5.29. The Bertz CT molecular complexity index is 1020. The lowest BCUT2D eigenvalue weighted by Crippen LogP contribution is -2.32. The predicted molar refractivity (Wildman–Crippen MR) is 103 cm³/mol. The van der Waals surface area contributed by atoms with Crippen molar-refractivity contribution < 1.29 is 18.7 Å². The van der Waals surface area contributed by atoms with Crippen LogP contribution in [0.5, 0.6) is 6.01 Å². The highest BCUT2D eigenvalue weighted by atomic mass is 19.1. The number of carbonyl (C=O) groups excluding carboxylic acids is 2. The second-order valence-electron chi connectivity index (χ2n) is 6.70. The molecule has 1 aliphatic heterocycles. The van der Waals surface area contributed by atoms with Gasteiger partial charge in [0.1, 0.15) is 6.10 Å². The molecule has 0 aliphatic carbocycles. The van der Waals surface area contributed by atoms with Crippen molar-refractivity contribution in [2.24, 2.45) is 0 Å². The highest BCUT2D eigenvalue weighted by Crippen LogP contribution is 2.21. The van der Waals surface area contributed by atoms with Crippen LogP contribution in [-0.2, 0) is 0 Å². The van der Waals surface area contributed by atoms with Crippen LogP contribution in [0.25, 0.3) is 0 Å². The minimum Gasteiger partial charge on any atom is -0.458 e. The molecule has 1 atom stereocenters. The van der Waals surface area contributed by atoms with Gasteiger partial charge in [-0.2, -0.15) is 0 Å². The molecule has 0 saturated carbocycles. The van der Waals surface area contributed by atoms with E-state index in [-0.39, 0.29) is 23.8 Å². The number of carbonyl (C=O) groups is 2. The average Bonchev–Trinajstić information content (AvgIpc) is 3.23. The number of nitrogens with zero attached hydrogens (tertiary/aromatic N) is 3. The summed E-state index contributed by atoms with van der Waals surface area (Å²) in [4.78, 5) is 35.2. The zero-order chi connectivity index (χ0) is 20.2. The summed E-state index contributed by atoms with van der Waals surface area (Å²) in [6, 6.07) is 15.8. The molecule has 1 fully saturated rings. The molecular weight excluding hydrogens is 373 g/mol. The fourth-order valence-corrected chi connectivity index (χ4v) is 3.30. The highest BCUT2D eigenvalue weighted by molar-refractivity contribution is 6.15. The number of ether oxygens (including phenoxy) is 1. The number of benzene rings is 2. The van der Waals surface area contributed by atoms with Gasteiger partial charge >= 0.3 is 6.01 Å². The summed E-state index contributed by atoms with van der Waals surface area (Å²) in [7, 11) is 0. The lowest BCUT2D eigenvalue weighted by Gasteiger charge is -2.18. The number of likely N-dealkylation sites (tertiary alicyclic amines) is 1. The fraction of sp³-hybridized carbons (Fsp3) is 0.182. The Morgan fingerprint density at radius 3 is 2.34 bits per heavy atom. The monoisotopic (exact) mass is 391 g/mol. The molecule has 0 radical (unpaired) electrons. The summed E-state index contributed by atoms with van der Waals surface area (Å²) in [5.74, 6) is -0.961. The van der Waals surface area contributed by atoms with E-state index in [1.807, 2.05) is 6.07 Å². The van der Waals surface area contributed by atoms with Gasteiger partial charge < -0.3 is 9.64 Å². The van der Waals surface area contributed by atoms with Crippen molar-refractivity contribution in [3.05, 3.63) is 89.5 Å². The van der Waals surface area contributed by atoms with Gasteiger partial charge in [0.05, 0.1) is 24.5 Å². The number of amides is 1. The van der Waals surface area contributed by atoms with E-state index in [0.717, 1.165) is 12.4 Å². The van der Waals surface area contributed by atoms with Gasteiger partial charge in [0.2, 0.25) is 0 Å². The molecule has 1 aromatic heterocycles. The molecule has 0 bridgehead atoms. The van der Waals surface area contributed by atoms with Crippen molar-refractivity contribution in [1.29, 1.82) is 0 Å². The molecule has 146 valence electrons. The van der Waals surface area contributed by atoms with Gasteiger partial charge in [-0.1, -0.05) is 48.5 Å². The Labute approximate surface area is 167 Å². The summed E-state index contributed by atoms with van der Waals surface area (Å²) >= 11 is 0. The van der Waals surface area contributed by atoms with E-state index >= 15 is 0 Å². The van der Waals surface area contributed by atoms with Crippen molar-refractivity contribution in [3.8, 4) is 6.01 Å². The van der Waals surface area contributed by atoms with Crippen LogP contribution in [0, 0.1) is 5.82 Å². The number of aromatic nitrogens is 2. The van der Waals surface area contributed by atoms with Crippen molar-refractivity contribution in [1.82, 2.24) is 14.9 Å². The maximum absolute atomic E-state index is 13.1. The van der Waals surface area contributed by atoms with Crippen LogP contribution in [-0.4, -0.2) is 45.8 Å². The number of rotatable bonds is 5. The zero-order valence-electron chi connectivity index (χ0n) is 15.5. The molecule has 1 aliphatic rings. The summed E-state index contributed by atoms with van der Waals surface area (Å²) in [6.07, 6.45) is 2.37. The first-order valence-corrected chi connectivity index (χ1v) is 9.24. The number of halogens is 1. The second-order valence-corrected chi connectivity index (χ2v) is 6.70. The van der Waals surface area contributed by atoms with E-state index in [1.54, 1.807) is 53.4 Å². The first-order valence-electron chi connectivity index (χ1n) is 9.24. The lowest BCUT2D eigenvalue weighted by atomic mass is 9.97. The number of ketones is 1. The average molecular weight is 391 g/mol. The summed E-state index contributed by atoms with van der Waals surface area (Å²) in [6.45, 7) is 0.825. The van der Waals surface area contributed by atoms with Gasteiger partial charge in [-0.25, -0.2) is 14.4 Å². The Morgan fingerprint density at radius 2 is 1.62 bits per heavy atom. The normalized spacial score (nSPS) is 15.9. The summed E-state index contributed by atoms with van der Waals surface area (Å²) in [5, 5.41) is 0. The molecule has 29 heavy (non-hydrogen) atoms. The number of hydrogen-bond acceptors (Lipinski definition) is 5. The van der Waals surface area contributed by atoms with Gasteiger partial charge in [-0.15, -0.1) is 0 Å². The van der Waals surface area contributed by atoms with E-state index in [0.29, 0.717) is 36.2 Å². The van der Waals surface area contributed by atoms with Gasteiger partial charge in [-0.05, 0) is 6.07 Å². The molecule has 0 N–H and O–H groups in total. The van der Waals surface area contributed by atoms with Crippen LogP contribution in [0.4, 0.5) is 4.39 Å². The predicted octanol–water partition coefficient (Wildman–Crippen LogP) is 3.14. The van der Waals surface area contributed by atoms with Crippen molar-refractivity contribution >= 4 is 11.7 Å². The van der Waals surface area contributed by atoms with Crippen molar-refractivity contribution in [2.75, 3.05) is 13.1 Å². The summed E-state index contributed by atoms with van der Waals surface area (Å²) < 4.78 is 18.6. The SMILES string of the molecule is O=C(c1ccccc1)c1ccccc1C(=O)N1CCC(Oc2ncc(F)cn2)C1. The molecule has 1 unspecified atom stereocenters. The van der Waals surface area contributed by atoms with Crippen LogP contribution in [0.15, 0.2) is 67.0 Å². The maximum Gasteiger partial charge on any atom is 0.316 e. The first kappa shape index (κ1) is 18.7. The topological polar surface area (TPSA) is 72.4 Å². The Balaban J connectivity index is 1.49. The van der Waals surface area contributed by atoms with Gasteiger partial charge in [0.15, 0.2) is 11.6 Å². The third-order valence-corrected chi connectivity index (χ3v) is 4.74. The lowest BCUT2D eigenvalue weighted by molar-refractivity contribution is 0.0765. The van der Waals surface area contributed by atoms with Crippen molar-refractivity contribution in [3.63, 3.8) is 0 Å². The van der Waals surface area contributed by atoms with Crippen LogP contribution >= 0.6 is 0 Å². The highest BCUT2D eigenvalue weighted by Gasteiger charge is 2.30. The van der Waals surface area contributed by atoms with Gasteiger partial charge in [-0.3, -0.25) is 9.59 Å². The Hall–Kier alpha value is -3.61. The van der Waals surface area contributed by atoms with E-state index in [1.165, 1.54) is 0 Å². The smallest absolute Gasteiger partial charge is 0.316 e. The molecule has 4 rings (SSSR count). The van der Waals surface area contributed by atoms with Crippen LogP contribution in [0.3, 0.4) is 0 Å². The summed E-state index contributed by atoms with van der Waals surface area (Å²) in [5.41, 5.74) is 1.26. The van der Waals surface area contributed by atoms with Gasteiger partial charge in [0.25, 0.3) is 5.91 Å². The standard InChI is InChI=1S/C22H18FN3O3/c23-16-12-24-22(25-13-16)29-17-10-11-26(14-17)21(28)19-9-5-4-8-18(19)20(27)15-6-2-1-3-7-15/h1-9,12-13,17H,10-11,14H2. The minimum absolute atomic E-state index is 0.0744. The van der Waals surface area contributed by atoms with Gasteiger partial charge in [0, 0.05) is 24.1 Å². The maximum atomic E-state index is 13.1. The largest absolute Gasteiger partial charge is 0.458 e. The van der Waals surface area contributed by atoms with E-state index in [2.05, 4.69) is 9.97 Å².